The Kier molecular flexibility index (Phi) is 6.77. The van der Waals surface area contributed by atoms with Gasteiger partial charge in [-0.15, -0.1) is 0 Å². The van der Waals surface area contributed by atoms with Crippen molar-refractivity contribution in [2.45, 2.75) is 6.32 Å². The Morgan fingerprint density at radius 1 is 1.83 bits per heavy atom. The standard InChI is InChI=1S/C3H8BBrS/c1-6-4-2-3-5/h4H,2-3H2,1H3. The third kappa shape index (κ3) is 4.89. The Hall–Kier alpha value is 0.895. The van der Waals surface area contributed by atoms with Crippen LogP contribution in [-0.2, 0) is 0 Å². The topological polar surface area (TPSA) is 0 Å². The van der Waals surface area contributed by atoms with E-state index in [0.29, 0.717) is 0 Å². The maximum absolute atomic E-state index is 3.34. The molecule has 0 fully saturated rings. The van der Waals surface area contributed by atoms with Crippen molar-refractivity contribution in [1.82, 2.24) is 0 Å². The van der Waals surface area contributed by atoms with Gasteiger partial charge in [-0.1, -0.05) is 22.3 Å². The summed E-state index contributed by atoms with van der Waals surface area (Å²) in [5.74, 6) is 0. The molecule has 0 aromatic carbocycles. The van der Waals surface area contributed by atoms with Gasteiger partial charge in [0.2, 0.25) is 0 Å². The highest BCUT2D eigenvalue weighted by atomic mass is 79.9. The number of halogens is 1. The highest BCUT2D eigenvalue weighted by Gasteiger charge is 1.80. The molecule has 0 atom stereocenters. The lowest BCUT2D eigenvalue weighted by molar-refractivity contribution is 1.53. The molecule has 0 heterocycles. The van der Waals surface area contributed by atoms with Gasteiger partial charge in [-0.25, -0.2) is 11.6 Å². The fraction of sp³-hybridized carbons (Fsp3) is 1.00. The smallest absolute Gasteiger partial charge is 0.192 e. The van der Waals surface area contributed by atoms with E-state index >= 15 is 0 Å². The first-order valence-electron chi connectivity index (χ1n) is 1.96. The molecule has 0 rings (SSSR count). The van der Waals surface area contributed by atoms with E-state index in [1.54, 1.807) is 0 Å². The van der Waals surface area contributed by atoms with Gasteiger partial charge < -0.3 is 0 Å². The minimum atomic E-state index is 1.15. The van der Waals surface area contributed by atoms with E-state index in [-0.39, 0.29) is 0 Å². The van der Waals surface area contributed by atoms with Crippen molar-refractivity contribution in [1.29, 1.82) is 0 Å². The number of alkyl halides is 1. The Bertz CT molecular complexity index is 22.8. The van der Waals surface area contributed by atoms with E-state index < -0.39 is 0 Å². The van der Waals surface area contributed by atoms with E-state index in [4.69, 9.17) is 0 Å². The van der Waals surface area contributed by atoms with Crippen LogP contribution in [0.2, 0.25) is 6.32 Å². The lowest BCUT2D eigenvalue weighted by atomic mass is 10.1. The summed E-state index contributed by atoms with van der Waals surface area (Å²) in [7, 11) is 0. The summed E-state index contributed by atoms with van der Waals surface area (Å²) in [6.07, 6.45) is 3.42. The minimum Gasteiger partial charge on any atom is -0.218 e. The molecule has 0 bridgehead atoms. The molecule has 0 aromatic rings. The zero-order valence-corrected chi connectivity index (χ0v) is 6.31. The molecule has 0 spiro atoms. The number of rotatable bonds is 3. The quantitative estimate of drug-likeness (QED) is 0.348. The SMILES string of the molecule is CSBCCBr. The highest BCUT2D eigenvalue weighted by Crippen LogP contribution is 1.94. The first kappa shape index (κ1) is 6.89. The molecule has 0 aromatic heterocycles. The van der Waals surface area contributed by atoms with Crippen molar-refractivity contribution in [3.63, 3.8) is 0 Å². The van der Waals surface area contributed by atoms with Gasteiger partial charge in [0, 0.05) is 0 Å². The van der Waals surface area contributed by atoms with Crippen LogP contribution in [0.25, 0.3) is 0 Å². The van der Waals surface area contributed by atoms with Gasteiger partial charge in [-0.3, -0.25) is 0 Å². The molecule has 0 amide bonds. The molecule has 0 N–H and O–H groups in total. The van der Waals surface area contributed by atoms with Crippen molar-refractivity contribution in [2.24, 2.45) is 0 Å². The first-order valence-corrected chi connectivity index (χ1v) is 4.48. The maximum Gasteiger partial charge on any atom is 0.192 e. The van der Waals surface area contributed by atoms with Crippen LogP contribution in [0.5, 0.6) is 0 Å². The summed E-state index contributed by atoms with van der Waals surface area (Å²) >= 11 is 5.23. The van der Waals surface area contributed by atoms with E-state index in [1.165, 1.54) is 12.9 Å². The van der Waals surface area contributed by atoms with E-state index in [2.05, 4.69) is 22.2 Å². The molecule has 0 aliphatic rings. The van der Waals surface area contributed by atoms with E-state index in [1.807, 2.05) is 11.6 Å². The molecule has 0 aliphatic heterocycles. The molecular formula is C3H8BBrS. The Morgan fingerprint density at radius 2 is 2.50 bits per heavy atom. The van der Waals surface area contributed by atoms with E-state index in [9.17, 15) is 0 Å². The van der Waals surface area contributed by atoms with Crippen LogP contribution < -0.4 is 0 Å². The summed E-state index contributed by atoms with van der Waals surface area (Å²) in [4.78, 5) is 0. The molecule has 0 unspecified atom stereocenters. The second-order valence-electron chi connectivity index (χ2n) is 1.04. The highest BCUT2D eigenvalue weighted by molar-refractivity contribution is 9.09. The summed E-state index contributed by atoms with van der Waals surface area (Å²) in [5.41, 5.74) is 0. The van der Waals surface area contributed by atoms with Gasteiger partial charge in [0.05, 0.1) is 0 Å². The summed E-state index contributed by atoms with van der Waals surface area (Å²) in [5, 5.41) is 1.15. The van der Waals surface area contributed by atoms with Crippen molar-refractivity contribution >= 4 is 34.1 Å². The predicted molar refractivity (Wildman–Crippen MR) is 39.3 cm³/mol. The maximum atomic E-state index is 3.34. The zero-order valence-electron chi connectivity index (χ0n) is 3.91. The second-order valence-corrected chi connectivity index (χ2v) is 2.81. The first-order chi connectivity index (χ1) is 2.91. The van der Waals surface area contributed by atoms with Crippen molar-refractivity contribution < 1.29 is 0 Å². The third-order valence-corrected chi connectivity index (χ3v) is 1.74. The minimum absolute atomic E-state index is 1.15. The van der Waals surface area contributed by atoms with Gasteiger partial charge >= 0.3 is 0 Å². The lowest BCUT2D eigenvalue weighted by Gasteiger charge is -1.82. The van der Waals surface area contributed by atoms with E-state index in [0.717, 1.165) is 5.33 Å². The predicted octanol–water partition coefficient (Wildman–Crippen LogP) is 1.51. The van der Waals surface area contributed by atoms with Crippen LogP contribution >= 0.6 is 27.5 Å². The molecular weight excluding hydrogens is 159 g/mol. The normalized spacial score (nSPS) is 8.33. The summed E-state index contributed by atoms with van der Waals surface area (Å²) in [6, 6.07) is 0. The largest absolute Gasteiger partial charge is 0.218 e. The van der Waals surface area contributed by atoms with Gasteiger partial charge in [0.25, 0.3) is 0 Å². The average molecular weight is 167 g/mol. The molecule has 36 valence electrons. The molecule has 6 heavy (non-hydrogen) atoms. The summed E-state index contributed by atoms with van der Waals surface area (Å²) < 4.78 is 0. The molecule has 0 saturated carbocycles. The zero-order chi connectivity index (χ0) is 4.83. The van der Waals surface area contributed by atoms with Crippen LogP contribution in [0, 0.1) is 0 Å². The van der Waals surface area contributed by atoms with Crippen LogP contribution in [0.4, 0.5) is 0 Å². The lowest BCUT2D eigenvalue weighted by Crippen LogP contribution is -1.79. The number of hydrogen-bond donors (Lipinski definition) is 0. The van der Waals surface area contributed by atoms with Crippen LogP contribution in [-0.4, -0.2) is 18.1 Å². The van der Waals surface area contributed by atoms with Crippen molar-refractivity contribution in [2.75, 3.05) is 11.6 Å². The van der Waals surface area contributed by atoms with Gasteiger partial charge in [0.15, 0.2) is 6.56 Å². The molecule has 0 radical (unpaired) electrons. The number of hydrogen-bond acceptors (Lipinski definition) is 1. The third-order valence-electron chi connectivity index (χ3n) is 0.482. The average Bonchev–Trinajstić information content (AvgIpc) is 1.61. The Morgan fingerprint density at radius 3 is 2.67 bits per heavy atom. The van der Waals surface area contributed by atoms with Crippen LogP contribution in [0.3, 0.4) is 0 Å². The van der Waals surface area contributed by atoms with Crippen molar-refractivity contribution in [3.05, 3.63) is 0 Å². The van der Waals surface area contributed by atoms with Crippen molar-refractivity contribution in [3.8, 4) is 0 Å². The van der Waals surface area contributed by atoms with Crippen LogP contribution in [0.1, 0.15) is 0 Å². The van der Waals surface area contributed by atoms with Crippen LogP contribution in [0.15, 0.2) is 0 Å². The molecule has 0 nitrogen and oxygen atoms in total. The van der Waals surface area contributed by atoms with Gasteiger partial charge in [-0.2, -0.15) is 0 Å². The Labute approximate surface area is 52.3 Å². The summed E-state index contributed by atoms with van der Waals surface area (Å²) in [6.45, 7) is 1.28. The monoisotopic (exact) mass is 166 g/mol. The molecule has 0 saturated heterocycles. The molecule has 3 heteroatoms. The second kappa shape index (κ2) is 5.89. The van der Waals surface area contributed by atoms with Gasteiger partial charge in [0.1, 0.15) is 0 Å². The fourth-order valence-corrected chi connectivity index (χ4v) is 1.28. The van der Waals surface area contributed by atoms with Gasteiger partial charge in [-0.05, 0) is 11.6 Å². The Balaban J connectivity index is 2.34. The molecule has 0 aliphatic carbocycles. The fourth-order valence-electron chi connectivity index (χ4n) is 0.199.